The van der Waals surface area contributed by atoms with E-state index in [1.54, 1.807) is 18.2 Å². The van der Waals surface area contributed by atoms with Gasteiger partial charge in [-0.05, 0) is 49.0 Å². The predicted molar refractivity (Wildman–Crippen MR) is 105 cm³/mol. The molecule has 3 rings (SSSR count). The summed E-state index contributed by atoms with van der Waals surface area (Å²) >= 11 is 15.7. The zero-order chi connectivity index (χ0) is 17.3. The first-order valence-corrected chi connectivity index (χ1v) is 9.06. The van der Waals surface area contributed by atoms with E-state index in [4.69, 9.17) is 23.8 Å². The molecule has 3 aromatic rings. The molecule has 0 atom stereocenters. The third-order valence-corrected chi connectivity index (χ3v) is 4.84. The van der Waals surface area contributed by atoms with Crippen molar-refractivity contribution < 1.29 is 4.79 Å². The van der Waals surface area contributed by atoms with Gasteiger partial charge in [0.25, 0.3) is 5.91 Å². The van der Waals surface area contributed by atoms with Crippen LogP contribution in [0.15, 0.2) is 34.8 Å². The molecule has 0 bridgehead atoms. The number of rotatable bonds is 2. The van der Waals surface area contributed by atoms with Crippen LogP contribution in [-0.4, -0.2) is 19.8 Å². The van der Waals surface area contributed by atoms with Crippen LogP contribution in [0, 0.1) is 6.92 Å². The highest BCUT2D eigenvalue weighted by Gasteiger charge is 2.15. The summed E-state index contributed by atoms with van der Waals surface area (Å²) in [6.45, 7) is 1.93. The lowest BCUT2D eigenvalue weighted by Crippen LogP contribution is -2.34. The van der Waals surface area contributed by atoms with Crippen LogP contribution in [0.3, 0.4) is 0 Å². The number of halogens is 2. The molecule has 0 saturated carbocycles. The van der Waals surface area contributed by atoms with Gasteiger partial charge in [0.05, 0.1) is 28.0 Å². The van der Waals surface area contributed by atoms with E-state index in [1.807, 2.05) is 19.1 Å². The Hall–Kier alpha value is -1.61. The number of fused-ring (bicyclic) bond motifs is 1. The van der Waals surface area contributed by atoms with Crippen LogP contribution in [-0.2, 0) is 0 Å². The van der Waals surface area contributed by atoms with Crippen molar-refractivity contribution in [1.82, 2.24) is 14.1 Å². The maximum Gasteiger partial charge on any atom is 0.258 e. The average molecular weight is 442 g/mol. The van der Waals surface area contributed by atoms with Gasteiger partial charge in [0, 0.05) is 4.47 Å². The molecule has 0 spiro atoms. The summed E-state index contributed by atoms with van der Waals surface area (Å²) in [4.78, 5) is 12.3. The van der Waals surface area contributed by atoms with Crippen molar-refractivity contribution in [3.05, 3.63) is 51.0 Å². The Kier molecular flexibility index (Phi) is 5.09. The Labute approximate surface area is 160 Å². The number of hydrogen-bond donors (Lipinski definition) is 2. The van der Waals surface area contributed by atoms with E-state index in [1.165, 1.54) is 0 Å². The molecule has 2 N–H and O–H groups in total. The van der Waals surface area contributed by atoms with Gasteiger partial charge in [-0.2, -0.15) is 8.75 Å². The highest BCUT2D eigenvalue weighted by atomic mass is 79.9. The van der Waals surface area contributed by atoms with Gasteiger partial charge in [0.2, 0.25) is 0 Å². The lowest BCUT2D eigenvalue weighted by atomic mass is 10.1. The van der Waals surface area contributed by atoms with Gasteiger partial charge in [0.15, 0.2) is 5.11 Å². The van der Waals surface area contributed by atoms with Crippen LogP contribution < -0.4 is 10.6 Å². The molecule has 2 aromatic carbocycles. The molecule has 0 saturated heterocycles. The average Bonchev–Trinajstić information content (AvgIpc) is 3.01. The highest BCUT2D eigenvalue weighted by molar-refractivity contribution is 9.10. The zero-order valence-electron chi connectivity index (χ0n) is 12.3. The van der Waals surface area contributed by atoms with E-state index in [2.05, 4.69) is 35.3 Å². The van der Waals surface area contributed by atoms with Crippen molar-refractivity contribution in [1.29, 1.82) is 0 Å². The summed E-state index contributed by atoms with van der Waals surface area (Å²) in [6.07, 6.45) is 0. The van der Waals surface area contributed by atoms with E-state index in [9.17, 15) is 4.79 Å². The van der Waals surface area contributed by atoms with E-state index in [-0.39, 0.29) is 11.0 Å². The van der Waals surface area contributed by atoms with Crippen LogP contribution in [0.1, 0.15) is 15.9 Å². The van der Waals surface area contributed by atoms with Crippen LogP contribution >= 0.6 is 51.5 Å². The second-order valence-electron chi connectivity index (χ2n) is 4.92. The van der Waals surface area contributed by atoms with Crippen molar-refractivity contribution in [2.45, 2.75) is 6.92 Å². The molecular weight excluding hydrogens is 432 g/mol. The van der Waals surface area contributed by atoms with Gasteiger partial charge in [-0.25, -0.2) is 0 Å². The number of aryl methyl sites for hydroxylation is 1. The van der Waals surface area contributed by atoms with Crippen molar-refractivity contribution in [2.24, 2.45) is 0 Å². The summed E-state index contributed by atoms with van der Waals surface area (Å²) in [5.74, 6) is -0.389. The number of amides is 1. The first-order valence-electron chi connectivity index (χ1n) is 6.75. The van der Waals surface area contributed by atoms with E-state index < -0.39 is 0 Å². The predicted octanol–water partition coefficient (Wildman–Crippen LogP) is 4.54. The second kappa shape index (κ2) is 7.10. The van der Waals surface area contributed by atoms with Crippen molar-refractivity contribution in [3.8, 4) is 0 Å². The Morgan fingerprint density at radius 3 is 2.88 bits per heavy atom. The van der Waals surface area contributed by atoms with Crippen molar-refractivity contribution in [3.63, 3.8) is 0 Å². The largest absolute Gasteiger partial charge is 0.330 e. The molecule has 0 unspecified atom stereocenters. The number of nitrogens with one attached hydrogen (secondary N) is 2. The van der Waals surface area contributed by atoms with Gasteiger partial charge < -0.3 is 5.32 Å². The smallest absolute Gasteiger partial charge is 0.258 e. The lowest BCUT2D eigenvalue weighted by molar-refractivity contribution is 0.0978. The Morgan fingerprint density at radius 2 is 2.08 bits per heavy atom. The second-order valence-corrected chi connectivity index (χ2v) is 7.18. The zero-order valence-corrected chi connectivity index (χ0v) is 16.2. The normalized spacial score (nSPS) is 10.6. The molecule has 0 aliphatic carbocycles. The standard InChI is InChI=1S/C15H10BrClN4OS2/c1-7-2-5-11-13(21-24-20-11)12(7)18-15(23)19-14(22)9-6-8(16)3-4-10(9)17/h2-6H,1H3,(H2,18,19,22,23). The number of carbonyl (C=O) groups excluding carboxylic acids is 1. The number of anilines is 1. The van der Waals surface area contributed by atoms with E-state index in [0.29, 0.717) is 10.6 Å². The molecule has 5 nitrogen and oxygen atoms in total. The quantitative estimate of drug-likeness (QED) is 0.571. The fraction of sp³-hybridized carbons (Fsp3) is 0.0667. The summed E-state index contributed by atoms with van der Waals surface area (Å²) in [5, 5.41) is 6.17. The first kappa shape index (κ1) is 17.2. The maximum absolute atomic E-state index is 12.3. The molecule has 24 heavy (non-hydrogen) atoms. The van der Waals surface area contributed by atoms with Crippen molar-refractivity contribution in [2.75, 3.05) is 5.32 Å². The summed E-state index contributed by atoms with van der Waals surface area (Å²) in [5.41, 5.74) is 3.51. The third kappa shape index (κ3) is 3.56. The van der Waals surface area contributed by atoms with Gasteiger partial charge in [-0.3, -0.25) is 10.1 Å². The lowest BCUT2D eigenvalue weighted by Gasteiger charge is -2.12. The van der Waals surface area contributed by atoms with Crippen LogP contribution in [0.25, 0.3) is 11.0 Å². The van der Waals surface area contributed by atoms with Gasteiger partial charge in [0.1, 0.15) is 11.0 Å². The highest BCUT2D eigenvalue weighted by Crippen LogP contribution is 2.25. The number of thiocarbonyl (C=S) groups is 1. The number of carbonyl (C=O) groups is 1. The Morgan fingerprint density at radius 1 is 1.29 bits per heavy atom. The number of benzene rings is 2. The van der Waals surface area contributed by atoms with Gasteiger partial charge in [-0.1, -0.05) is 33.6 Å². The monoisotopic (exact) mass is 440 g/mol. The van der Waals surface area contributed by atoms with Crippen LogP contribution in [0.2, 0.25) is 5.02 Å². The molecular formula is C15H10BrClN4OS2. The van der Waals surface area contributed by atoms with Gasteiger partial charge in [-0.15, -0.1) is 0 Å². The minimum atomic E-state index is -0.389. The van der Waals surface area contributed by atoms with Crippen LogP contribution in [0.5, 0.6) is 0 Å². The first-order chi connectivity index (χ1) is 11.5. The molecule has 122 valence electrons. The molecule has 9 heteroatoms. The maximum atomic E-state index is 12.3. The molecule has 0 radical (unpaired) electrons. The fourth-order valence-electron chi connectivity index (χ4n) is 2.10. The molecule has 0 fully saturated rings. The Bertz CT molecular complexity index is 960. The van der Waals surface area contributed by atoms with E-state index >= 15 is 0 Å². The Balaban J connectivity index is 1.80. The summed E-state index contributed by atoms with van der Waals surface area (Å²) in [7, 11) is 0. The van der Waals surface area contributed by atoms with E-state index in [0.717, 1.165) is 38.5 Å². The molecule has 1 amide bonds. The summed E-state index contributed by atoms with van der Waals surface area (Å²) in [6, 6.07) is 8.85. The number of nitrogens with zero attached hydrogens (tertiary/aromatic N) is 2. The summed E-state index contributed by atoms with van der Waals surface area (Å²) < 4.78 is 9.21. The van der Waals surface area contributed by atoms with Crippen LogP contribution in [0.4, 0.5) is 5.69 Å². The van der Waals surface area contributed by atoms with Crippen molar-refractivity contribution >= 4 is 79.2 Å². The topological polar surface area (TPSA) is 66.9 Å². The minimum Gasteiger partial charge on any atom is -0.330 e. The van der Waals surface area contributed by atoms with Gasteiger partial charge >= 0.3 is 0 Å². The fourth-order valence-corrected chi connectivity index (χ4v) is 3.40. The molecule has 0 aliphatic heterocycles. The number of aromatic nitrogens is 2. The third-order valence-electron chi connectivity index (χ3n) is 3.27. The number of hydrogen-bond acceptors (Lipinski definition) is 5. The SMILES string of the molecule is Cc1ccc2nsnc2c1NC(=S)NC(=O)c1cc(Br)ccc1Cl. The molecule has 1 heterocycles. The minimum absolute atomic E-state index is 0.166. The molecule has 0 aliphatic rings. The molecule has 1 aromatic heterocycles.